The molecule has 9 heteroatoms. The number of hydrogen-bond acceptors (Lipinski definition) is 2. The molecule has 1 fully saturated rings. The predicted molar refractivity (Wildman–Crippen MR) is 125 cm³/mol. The zero-order valence-electron chi connectivity index (χ0n) is 18.0. The first kappa shape index (κ1) is 23.6. The van der Waals surface area contributed by atoms with Gasteiger partial charge in [0.15, 0.2) is 0 Å². The van der Waals surface area contributed by atoms with Crippen molar-refractivity contribution in [3.8, 4) is 0 Å². The van der Waals surface area contributed by atoms with Crippen molar-refractivity contribution in [2.24, 2.45) is 0 Å². The van der Waals surface area contributed by atoms with Crippen LogP contribution < -0.4 is 10.2 Å². The van der Waals surface area contributed by atoms with E-state index in [0.717, 1.165) is 12.1 Å². The van der Waals surface area contributed by atoms with Gasteiger partial charge in [0.25, 0.3) is 5.91 Å². The van der Waals surface area contributed by atoms with Crippen molar-refractivity contribution >= 4 is 34.9 Å². The van der Waals surface area contributed by atoms with Gasteiger partial charge in [0.1, 0.15) is 0 Å². The number of nitrogens with zero attached hydrogens (tertiary/aromatic N) is 2. The number of amides is 3. The van der Waals surface area contributed by atoms with Crippen LogP contribution in [-0.4, -0.2) is 29.9 Å². The van der Waals surface area contributed by atoms with Gasteiger partial charge in [-0.15, -0.1) is 0 Å². The van der Waals surface area contributed by atoms with E-state index in [0.29, 0.717) is 47.0 Å². The second-order valence-electron chi connectivity index (χ2n) is 7.89. The van der Waals surface area contributed by atoms with Crippen LogP contribution in [0.15, 0.2) is 72.8 Å². The van der Waals surface area contributed by atoms with Gasteiger partial charge >= 0.3 is 12.2 Å². The molecule has 1 aliphatic rings. The summed E-state index contributed by atoms with van der Waals surface area (Å²) in [5, 5.41) is 3.11. The molecule has 3 aromatic rings. The summed E-state index contributed by atoms with van der Waals surface area (Å²) in [7, 11) is 0. The van der Waals surface area contributed by atoms with Crippen LogP contribution in [0.3, 0.4) is 0 Å². The van der Waals surface area contributed by atoms with Crippen molar-refractivity contribution in [2.45, 2.75) is 19.1 Å². The van der Waals surface area contributed by atoms with E-state index in [2.05, 4.69) is 5.32 Å². The first-order chi connectivity index (χ1) is 16.2. The van der Waals surface area contributed by atoms with Gasteiger partial charge in [-0.3, -0.25) is 9.69 Å². The van der Waals surface area contributed by atoms with E-state index >= 15 is 0 Å². The SMILES string of the molecule is O=C(Nc1cccc(N2CCCN(Cc3cccc(C(F)(F)F)c3)C2=O)c1)c1ccccc1Cl. The van der Waals surface area contributed by atoms with E-state index in [1.165, 1.54) is 11.0 Å². The van der Waals surface area contributed by atoms with Crippen LogP contribution in [0.25, 0.3) is 0 Å². The van der Waals surface area contributed by atoms with Gasteiger partial charge in [-0.1, -0.05) is 41.9 Å². The minimum Gasteiger partial charge on any atom is -0.322 e. The number of halogens is 4. The Hall–Kier alpha value is -3.52. The molecule has 0 aromatic heterocycles. The minimum atomic E-state index is -4.44. The van der Waals surface area contributed by atoms with E-state index in [1.807, 2.05) is 0 Å². The Bertz CT molecular complexity index is 1220. The lowest BCUT2D eigenvalue weighted by molar-refractivity contribution is -0.137. The lowest BCUT2D eigenvalue weighted by Crippen LogP contribution is -2.49. The minimum absolute atomic E-state index is 0.0716. The van der Waals surface area contributed by atoms with Crippen LogP contribution >= 0.6 is 11.6 Å². The Balaban J connectivity index is 1.49. The van der Waals surface area contributed by atoms with E-state index in [-0.39, 0.29) is 18.5 Å². The second kappa shape index (κ2) is 9.77. The van der Waals surface area contributed by atoms with Gasteiger partial charge in [-0.2, -0.15) is 13.2 Å². The molecule has 0 unspecified atom stereocenters. The molecule has 0 spiro atoms. The number of alkyl halides is 3. The van der Waals surface area contributed by atoms with Gasteiger partial charge in [-0.05, 0) is 54.4 Å². The number of benzene rings is 3. The molecule has 1 N–H and O–H groups in total. The maximum atomic E-state index is 13.1. The topological polar surface area (TPSA) is 52.7 Å². The van der Waals surface area contributed by atoms with Gasteiger partial charge in [-0.25, -0.2) is 4.79 Å². The maximum Gasteiger partial charge on any atom is 0.416 e. The molecule has 0 bridgehead atoms. The van der Waals surface area contributed by atoms with Crippen molar-refractivity contribution in [3.05, 3.63) is 94.5 Å². The fraction of sp³-hybridized carbons (Fsp3) is 0.200. The van der Waals surface area contributed by atoms with Crippen molar-refractivity contribution in [1.82, 2.24) is 4.90 Å². The fourth-order valence-electron chi connectivity index (χ4n) is 3.83. The van der Waals surface area contributed by atoms with E-state index in [1.54, 1.807) is 59.5 Å². The van der Waals surface area contributed by atoms with Crippen molar-refractivity contribution < 1.29 is 22.8 Å². The first-order valence-electron chi connectivity index (χ1n) is 10.6. The van der Waals surface area contributed by atoms with Crippen LogP contribution in [0.4, 0.5) is 29.3 Å². The number of anilines is 2. The standard InChI is InChI=1S/C25H21ClF3N3O2/c26-22-11-2-1-10-21(22)23(33)30-19-8-4-9-20(15-19)32-13-5-12-31(24(32)34)16-17-6-3-7-18(14-17)25(27,28)29/h1-4,6-11,14-15H,5,12-13,16H2,(H,30,33). The molecular formula is C25H21ClF3N3O2. The second-order valence-corrected chi connectivity index (χ2v) is 8.30. The summed E-state index contributed by atoms with van der Waals surface area (Å²) in [6.45, 7) is 0.969. The molecule has 0 atom stereocenters. The molecule has 1 saturated heterocycles. The smallest absolute Gasteiger partial charge is 0.322 e. The Morgan fingerprint density at radius 1 is 0.971 bits per heavy atom. The molecule has 3 aromatic carbocycles. The van der Waals surface area contributed by atoms with Gasteiger partial charge < -0.3 is 10.2 Å². The summed E-state index contributed by atoms with van der Waals surface area (Å²) in [4.78, 5) is 28.8. The van der Waals surface area contributed by atoms with Crippen molar-refractivity contribution in [3.63, 3.8) is 0 Å². The average Bonchev–Trinajstić information content (AvgIpc) is 2.80. The van der Waals surface area contributed by atoms with E-state index in [4.69, 9.17) is 11.6 Å². The third kappa shape index (κ3) is 5.34. The molecule has 4 rings (SSSR count). The summed E-state index contributed by atoms with van der Waals surface area (Å²) < 4.78 is 39.1. The Morgan fingerprint density at radius 2 is 1.74 bits per heavy atom. The third-order valence-electron chi connectivity index (χ3n) is 5.47. The highest BCUT2D eigenvalue weighted by Crippen LogP contribution is 2.30. The molecule has 3 amide bonds. The highest BCUT2D eigenvalue weighted by atomic mass is 35.5. The lowest BCUT2D eigenvalue weighted by Gasteiger charge is -2.36. The number of rotatable bonds is 5. The summed E-state index contributed by atoms with van der Waals surface area (Å²) in [5.41, 5.74) is 1.07. The van der Waals surface area contributed by atoms with Crippen LogP contribution in [-0.2, 0) is 12.7 Å². The molecule has 0 saturated carbocycles. The molecule has 1 heterocycles. The van der Waals surface area contributed by atoms with Crippen LogP contribution in [0.2, 0.25) is 5.02 Å². The highest BCUT2D eigenvalue weighted by Gasteiger charge is 2.31. The van der Waals surface area contributed by atoms with Crippen LogP contribution in [0.5, 0.6) is 0 Å². The monoisotopic (exact) mass is 487 g/mol. The maximum absolute atomic E-state index is 13.1. The lowest BCUT2D eigenvalue weighted by atomic mass is 10.1. The van der Waals surface area contributed by atoms with Crippen LogP contribution in [0, 0.1) is 0 Å². The van der Waals surface area contributed by atoms with E-state index in [9.17, 15) is 22.8 Å². The van der Waals surface area contributed by atoms with Gasteiger partial charge in [0, 0.05) is 31.0 Å². The molecular weight excluding hydrogens is 467 g/mol. The summed E-state index contributed by atoms with van der Waals surface area (Å²) in [5.74, 6) is -0.376. The molecule has 0 radical (unpaired) electrons. The quantitative estimate of drug-likeness (QED) is 0.450. The molecule has 176 valence electrons. The average molecular weight is 488 g/mol. The van der Waals surface area contributed by atoms with Crippen molar-refractivity contribution in [1.29, 1.82) is 0 Å². The number of urea groups is 1. The van der Waals surface area contributed by atoms with Crippen molar-refractivity contribution in [2.75, 3.05) is 23.3 Å². The molecule has 1 aliphatic heterocycles. The summed E-state index contributed by atoms with van der Waals surface area (Å²) >= 11 is 6.09. The molecule has 34 heavy (non-hydrogen) atoms. The number of carbonyl (C=O) groups is 2. The first-order valence-corrected chi connectivity index (χ1v) is 11.0. The largest absolute Gasteiger partial charge is 0.416 e. The Morgan fingerprint density at radius 3 is 2.50 bits per heavy atom. The number of nitrogens with one attached hydrogen (secondary N) is 1. The van der Waals surface area contributed by atoms with Gasteiger partial charge in [0.05, 0.1) is 16.1 Å². The fourth-order valence-corrected chi connectivity index (χ4v) is 4.05. The van der Waals surface area contributed by atoms with E-state index < -0.39 is 11.7 Å². The zero-order chi connectivity index (χ0) is 24.3. The third-order valence-corrected chi connectivity index (χ3v) is 5.80. The van der Waals surface area contributed by atoms with Crippen LogP contribution in [0.1, 0.15) is 27.9 Å². The summed E-state index contributed by atoms with van der Waals surface area (Å²) in [6.07, 6.45) is -3.79. The summed E-state index contributed by atoms with van der Waals surface area (Å²) in [6, 6.07) is 18.2. The zero-order valence-corrected chi connectivity index (χ0v) is 18.7. The molecule has 0 aliphatic carbocycles. The predicted octanol–water partition coefficient (Wildman–Crippen LogP) is 6.44. The number of carbonyl (C=O) groups excluding carboxylic acids is 2. The highest BCUT2D eigenvalue weighted by molar-refractivity contribution is 6.34. The Labute approximate surface area is 199 Å². The Kier molecular flexibility index (Phi) is 6.79. The normalized spacial score (nSPS) is 14.3. The molecule has 5 nitrogen and oxygen atoms in total. The number of hydrogen-bond donors (Lipinski definition) is 1. The van der Waals surface area contributed by atoms with Gasteiger partial charge in [0.2, 0.25) is 0 Å².